The lowest BCUT2D eigenvalue weighted by atomic mass is 10.2. The number of sulfonamides is 1. The predicted octanol–water partition coefficient (Wildman–Crippen LogP) is -0.520. The smallest absolute Gasteiger partial charge is 0.305 e. The topological polar surface area (TPSA) is 92.8 Å². The standard InChI is InChI=1S/C11H20N2O5S/c1-3-9-11(15)12-6-7-13(9)19(16,17)8-4-5-10(14)18-2/h9H,3-8H2,1-2H3,(H,12,15). The van der Waals surface area contributed by atoms with Gasteiger partial charge in [0, 0.05) is 19.5 Å². The Hall–Kier alpha value is -1.15. The molecule has 0 saturated carbocycles. The molecule has 1 heterocycles. The van der Waals surface area contributed by atoms with Crippen molar-refractivity contribution >= 4 is 21.9 Å². The second-order valence-corrected chi connectivity index (χ2v) is 6.36. The third-order valence-corrected chi connectivity index (χ3v) is 4.99. The summed E-state index contributed by atoms with van der Waals surface area (Å²) in [5.74, 6) is -0.838. The zero-order valence-electron chi connectivity index (χ0n) is 11.2. The summed E-state index contributed by atoms with van der Waals surface area (Å²) in [4.78, 5) is 22.6. The van der Waals surface area contributed by atoms with Crippen LogP contribution >= 0.6 is 0 Å². The number of amides is 1. The van der Waals surface area contributed by atoms with Crippen LogP contribution < -0.4 is 5.32 Å². The van der Waals surface area contributed by atoms with E-state index in [2.05, 4.69) is 10.1 Å². The first kappa shape index (κ1) is 15.9. The van der Waals surface area contributed by atoms with Gasteiger partial charge in [0.05, 0.1) is 12.9 Å². The Morgan fingerprint density at radius 1 is 1.53 bits per heavy atom. The highest BCUT2D eigenvalue weighted by Gasteiger charge is 2.35. The molecule has 110 valence electrons. The monoisotopic (exact) mass is 292 g/mol. The molecule has 1 rings (SSSR count). The number of nitrogens with zero attached hydrogens (tertiary/aromatic N) is 1. The second kappa shape index (κ2) is 6.85. The number of piperazine rings is 1. The average Bonchev–Trinajstić information content (AvgIpc) is 2.37. The van der Waals surface area contributed by atoms with Crippen LogP contribution in [0.15, 0.2) is 0 Å². The van der Waals surface area contributed by atoms with Gasteiger partial charge in [-0.1, -0.05) is 6.92 Å². The fourth-order valence-electron chi connectivity index (χ4n) is 2.03. The van der Waals surface area contributed by atoms with Gasteiger partial charge in [0.1, 0.15) is 6.04 Å². The Balaban J connectivity index is 2.64. The van der Waals surface area contributed by atoms with Gasteiger partial charge < -0.3 is 10.1 Å². The Bertz CT molecular complexity index is 434. The van der Waals surface area contributed by atoms with Crippen molar-refractivity contribution in [1.82, 2.24) is 9.62 Å². The summed E-state index contributed by atoms with van der Waals surface area (Å²) >= 11 is 0. The quantitative estimate of drug-likeness (QED) is 0.665. The van der Waals surface area contributed by atoms with Crippen LogP contribution in [0.4, 0.5) is 0 Å². The first-order valence-corrected chi connectivity index (χ1v) is 7.87. The highest BCUT2D eigenvalue weighted by molar-refractivity contribution is 7.89. The molecule has 1 amide bonds. The molecule has 0 spiro atoms. The molecule has 0 aromatic rings. The minimum atomic E-state index is -3.52. The summed E-state index contributed by atoms with van der Waals surface area (Å²) in [6.07, 6.45) is 0.693. The molecule has 0 aromatic carbocycles. The molecule has 1 unspecified atom stereocenters. The van der Waals surface area contributed by atoms with Crippen molar-refractivity contribution in [3.63, 3.8) is 0 Å². The van der Waals surface area contributed by atoms with Crippen LogP contribution in [0.3, 0.4) is 0 Å². The number of esters is 1. The third kappa shape index (κ3) is 4.17. The van der Waals surface area contributed by atoms with Gasteiger partial charge in [0.25, 0.3) is 0 Å². The summed E-state index contributed by atoms with van der Waals surface area (Å²) in [5, 5.41) is 2.65. The Labute approximate surface area is 113 Å². The summed E-state index contributed by atoms with van der Waals surface area (Å²) in [6, 6.07) is -0.642. The maximum atomic E-state index is 12.2. The van der Waals surface area contributed by atoms with E-state index in [1.165, 1.54) is 11.4 Å². The molecule has 0 bridgehead atoms. The van der Waals surface area contributed by atoms with Gasteiger partial charge in [0.2, 0.25) is 15.9 Å². The van der Waals surface area contributed by atoms with Crippen LogP contribution in [0.25, 0.3) is 0 Å². The summed E-state index contributed by atoms with van der Waals surface area (Å²) in [6.45, 7) is 2.38. The Kier molecular flexibility index (Phi) is 5.74. The van der Waals surface area contributed by atoms with E-state index in [1.54, 1.807) is 6.92 Å². The fourth-order valence-corrected chi connectivity index (χ4v) is 3.78. The van der Waals surface area contributed by atoms with E-state index in [0.717, 1.165) is 0 Å². The van der Waals surface area contributed by atoms with Crippen LogP contribution in [0.2, 0.25) is 0 Å². The van der Waals surface area contributed by atoms with Gasteiger partial charge in [-0.2, -0.15) is 4.31 Å². The number of nitrogens with one attached hydrogen (secondary N) is 1. The molecule has 1 fully saturated rings. The first-order valence-electron chi connectivity index (χ1n) is 6.26. The van der Waals surface area contributed by atoms with Crippen molar-refractivity contribution in [2.45, 2.75) is 32.2 Å². The van der Waals surface area contributed by atoms with Crippen molar-refractivity contribution < 1.29 is 22.7 Å². The minimum absolute atomic E-state index is 0.0621. The highest BCUT2D eigenvalue weighted by atomic mass is 32.2. The largest absolute Gasteiger partial charge is 0.469 e. The third-order valence-electron chi connectivity index (χ3n) is 3.04. The van der Waals surface area contributed by atoms with E-state index >= 15 is 0 Å². The van der Waals surface area contributed by atoms with Gasteiger partial charge in [-0.05, 0) is 12.8 Å². The van der Waals surface area contributed by atoms with Crippen LogP contribution in [0.5, 0.6) is 0 Å². The Morgan fingerprint density at radius 2 is 2.21 bits per heavy atom. The number of hydrogen-bond donors (Lipinski definition) is 1. The highest BCUT2D eigenvalue weighted by Crippen LogP contribution is 2.15. The maximum Gasteiger partial charge on any atom is 0.305 e. The molecule has 0 aromatic heterocycles. The number of carbonyl (C=O) groups excluding carboxylic acids is 2. The van der Waals surface area contributed by atoms with Crippen molar-refractivity contribution in [1.29, 1.82) is 0 Å². The summed E-state index contributed by atoms with van der Waals surface area (Å²) < 4.78 is 30.0. The van der Waals surface area contributed by atoms with Crippen molar-refractivity contribution in [3.8, 4) is 0 Å². The van der Waals surface area contributed by atoms with E-state index in [1.807, 2.05) is 0 Å². The summed E-state index contributed by atoms with van der Waals surface area (Å²) in [7, 11) is -2.25. The van der Waals surface area contributed by atoms with Crippen LogP contribution in [-0.2, 0) is 24.3 Å². The summed E-state index contributed by atoms with van der Waals surface area (Å²) in [5.41, 5.74) is 0. The van der Waals surface area contributed by atoms with Crippen LogP contribution in [-0.4, -0.2) is 56.6 Å². The SMILES string of the molecule is CCC1C(=O)NCCN1S(=O)(=O)CCCC(=O)OC. The average molecular weight is 292 g/mol. The van der Waals surface area contributed by atoms with Crippen molar-refractivity contribution in [2.24, 2.45) is 0 Å². The van der Waals surface area contributed by atoms with E-state index in [-0.39, 0.29) is 31.0 Å². The molecule has 0 radical (unpaired) electrons. The van der Waals surface area contributed by atoms with E-state index < -0.39 is 22.0 Å². The second-order valence-electron chi connectivity index (χ2n) is 4.32. The molecule has 19 heavy (non-hydrogen) atoms. The molecular formula is C11H20N2O5S. The van der Waals surface area contributed by atoms with Crippen LogP contribution in [0.1, 0.15) is 26.2 Å². The zero-order chi connectivity index (χ0) is 14.5. The maximum absolute atomic E-state index is 12.2. The molecule has 1 N–H and O–H groups in total. The molecule has 1 aliphatic heterocycles. The van der Waals surface area contributed by atoms with Gasteiger partial charge in [-0.15, -0.1) is 0 Å². The molecule has 0 aliphatic carbocycles. The lowest BCUT2D eigenvalue weighted by Crippen LogP contribution is -2.57. The van der Waals surface area contributed by atoms with Crippen molar-refractivity contribution in [3.05, 3.63) is 0 Å². The number of methoxy groups -OCH3 is 1. The molecule has 8 heteroatoms. The molecule has 7 nitrogen and oxygen atoms in total. The lowest BCUT2D eigenvalue weighted by molar-refractivity contribution is -0.140. The molecule has 1 atom stereocenters. The lowest BCUT2D eigenvalue weighted by Gasteiger charge is -2.33. The van der Waals surface area contributed by atoms with Gasteiger partial charge >= 0.3 is 5.97 Å². The normalized spacial score (nSPS) is 20.9. The number of ether oxygens (including phenoxy) is 1. The number of rotatable bonds is 6. The van der Waals surface area contributed by atoms with Crippen molar-refractivity contribution in [2.75, 3.05) is 26.0 Å². The first-order chi connectivity index (χ1) is 8.92. The van der Waals surface area contributed by atoms with Gasteiger partial charge in [0.15, 0.2) is 0 Å². The van der Waals surface area contributed by atoms with E-state index in [0.29, 0.717) is 13.0 Å². The van der Waals surface area contributed by atoms with E-state index in [4.69, 9.17) is 0 Å². The zero-order valence-corrected chi connectivity index (χ0v) is 12.0. The van der Waals surface area contributed by atoms with E-state index in [9.17, 15) is 18.0 Å². The molecule has 1 aliphatic rings. The molecular weight excluding hydrogens is 272 g/mol. The predicted molar refractivity (Wildman–Crippen MR) is 68.8 cm³/mol. The van der Waals surface area contributed by atoms with Gasteiger partial charge in [-0.25, -0.2) is 8.42 Å². The van der Waals surface area contributed by atoms with Crippen LogP contribution in [0, 0.1) is 0 Å². The Morgan fingerprint density at radius 3 is 2.79 bits per heavy atom. The number of carbonyl (C=O) groups is 2. The number of hydrogen-bond acceptors (Lipinski definition) is 5. The minimum Gasteiger partial charge on any atom is -0.469 e. The molecule has 1 saturated heterocycles. The van der Waals surface area contributed by atoms with Gasteiger partial charge in [-0.3, -0.25) is 9.59 Å². The fraction of sp³-hybridized carbons (Fsp3) is 0.818.